The van der Waals surface area contributed by atoms with Gasteiger partial charge in [-0.3, -0.25) is 0 Å². The van der Waals surface area contributed by atoms with Crippen LogP contribution >= 0.6 is 23.2 Å². The maximum absolute atomic E-state index is 13.1. The predicted molar refractivity (Wildman–Crippen MR) is 86.1 cm³/mol. The first kappa shape index (κ1) is 17.9. The molecular formula is C16H18Cl2FNO. The van der Waals surface area contributed by atoms with Gasteiger partial charge in [-0.05, 0) is 35.4 Å². The molecule has 2 rings (SSSR count). The summed E-state index contributed by atoms with van der Waals surface area (Å²) in [5, 5.41) is 10.7. The first-order chi connectivity index (χ1) is 9.99. The van der Waals surface area contributed by atoms with Crippen LogP contribution in [-0.2, 0) is 0 Å². The van der Waals surface area contributed by atoms with Crippen LogP contribution in [0.25, 0.3) is 0 Å². The van der Waals surface area contributed by atoms with Crippen LogP contribution in [0.2, 0.25) is 10.0 Å². The Labute approximate surface area is 134 Å². The Hall–Kier alpha value is -1.13. The molecule has 2 unspecified atom stereocenters. The van der Waals surface area contributed by atoms with Gasteiger partial charge in [0, 0.05) is 5.02 Å². The molecule has 0 radical (unpaired) electrons. The number of halogens is 3. The Kier molecular flexibility index (Phi) is 7.12. The van der Waals surface area contributed by atoms with Gasteiger partial charge in [-0.2, -0.15) is 0 Å². The van der Waals surface area contributed by atoms with Crippen molar-refractivity contribution in [3.8, 4) is 0 Å². The van der Waals surface area contributed by atoms with Crippen molar-refractivity contribution in [2.45, 2.75) is 26.0 Å². The number of nitrogens with two attached hydrogens (primary N) is 1. The van der Waals surface area contributed by atoms with Gasteiger partial charge in [0.1, 0.15) is 5.82 Å². The molecule has 0 spiro atoms. The Bertz CT molecular complexity index is 575. The Morgan fingerprint density at radius 3 is 2.05 bits per heavy atom. The zero-order valence-corrected chi connectivity index (χ0v) is 13.4. The van der Waals surface area contributed by atoms with Gasteiger partial charge in [-0.25, -0.2) is 4.39 Å². The van der Waals surface area contributed by atoms with Crippen molar-refractivity contribution in [1.29, 1.82) is 0 Å². The van der Waals surface area contributed by atoms with E-state index in [1.54, 1.807) is 24.3 Å². The average molecular weight is 330 g/mol. The van der Waals surface area contributed by atoms with E-state index in [0.29, 0.717) is 10.6 Å². The van der Waals surface area contributed by atoms with Crippen LogP contribution in [0.5, 0.6) is 0 Å². The highest BCUT2D eigenvalue weighted by Gasteiger charge is 2.19. The lowest BCUT2D eigenvalue weighted by atomic mass is 9.97. The quantitative estimate of drug-likeness (QED) is 0.841. The van der Waals surface area contributed by atoms with Crippen molar-refractivity contribution in [3.63, 3.8) is 0 Å². The lowest BCUT2D eigenvalue weighted by Crippen LogP contribution is -2.19. The smallest absolute Gasteiger partial charge is 0.141 e. The van der Waals surface area contributed by atoms with Crippen LogP contribution in [-0.4, -0.2) is 5.11 Å². The second-order valence-corrected chi connectivity index (χ2v) is 5.04. The standard InChI is InChI=1S/C14H12Cl2FNO.C2H6/c15-10-4-1-8(2-5-10)13(18)14(19)9-3-6-12(17)11(16)7-9;1-2/h1-7,13-14,19H,18H2;1-2H3. The average Bonchev–Trinajstić information content (AvgIpc) is 2.51. The Balaban J connectivity index is 0.00000106. The van der Waals surface area contributed by atoms with Crippen molar-refractivity contribution in [3.05, 3.63) is 69.5 Å². The molecule has 0 aliphatic rings. The highest BCUT2D eigenvalue weighted by molar-refractivity contribution is 6.31. The summed E-state index contributed by atoms with van der Waals surface area (Å²) in [4.78, 5) is 0. The van der Waals surface area contributed by atoms with E-state index in [4.69, 9.17) is 28.9 Å². The Morgan fingerprint density at radius 2 is 1.52 bits per heavy atom. The number of aliphatic hydroxyl groups excluding tert-OH is 1. The number of aliphatic hydroxyl groups is 1. The maximum atomic E-state index is 13.1. The number of hydrogen-bond acceptors (Lipinski definition) is 2. The summed E-state index contributed by atoms with van der Waals surface area (Å²) in [6.07, 6.45) is -0.973. The Morgan fingerprint density at radius 1 is 1.00 bits per heavy atom. The van der Waals surface area contributed by atoms with Crippen LogP contribution in [0, 0.1) is 5.82 Å². The van der Waals surface area contributed by atoms with E-state index >= 15 is 0 Å². The van der Waals surface area contributed by atoms with Crippen LogP contribution in [0.15, 0.2) is 42.5 Å². The lowest BCUT2D eigenvalue weighted by Gasteiger charge is -2.20. The van der Waals surface area contributed by atoms with E-state index in [2.05, 4.69) is 0 Å². The van der Waals surface area contributed by atoms with Gasteiger partial charge in [0.2, 0.25) is 0 Å². The molecule has 114 valence electrons. The number of benzene rings is 2. The molecule has 2 aromatic rings. The SMILES string of the molecule is CC.NC(c1ccc(Cl)cc1)C(O)c1ccc(F)c(Cl)c1. The van der Waals surface area contributed by atoms with Gasteiger partial charge < -0.3 is 10.8 Å². The fourth-order valence-corrected chi connectivity index (χ4v) is 2.09. The molecule has 0 fully saturated rings. The molecule has 0 saturated heterocycles. The topological polar surface area (TPSA) is 46.2 Å². The van der Waals surface area contributed by atoms with E-state index in [9.17, 15) is 9.50 Å². The third kappa shape index (κ3) is 4.68. The molecule has 2 nitrogen and oxygen atoms in total. The van der Waals surface area contributed by atoms with E-state index in [0.717, 1.165) is 5.56 Å². The van der Waals surface area contributed by atoms with Gasteiger partial charge in [-0.15, -0.1) is 0 Å². The second-order valence-electron chi connectivity index (χ2n) is 4.20. The van der Waals surface area contributed by atoms with Crippen molar-refractivity contribution in [2.24, 2.45) is 5.73 Å². The molecule has 3 N–H and O–H groups in total. The molecule has 5 heteroatoms. The monoisotopic (exact) mass is 329 g/mol. The first-order valence-corrected chi connectivity index (χ1v) is 7.38. The van der Waals surface area contributed by atoms with Gasteiger partial charge >= 0.3 is 0 Å². The van der Waals surface area contributed by atoms with E-state index in [-0.39, 0.29) is 5.02 Å². The summed E-state index contributed by atoms with van der Waals surface area (Å²) in [5.74, 6) is -0.530. The van der Waals surface area contributed by atoms with Gasteiger partial charge in [-0.1, -0.05) is 55.2 Å². The van der Waals surface area contributed by atoms with Gasteiger partial charge in [0.25, 0.3) is 0 Å². The van der Waals surface area contributed by atoms with Crippen LogP contribution in [0.3, 0.4) is 0 Å². The van der Waals surface area contributed by atoms with E-state index in [1.807, 2.05) is 13.8 Å². The van der Waals surface area contributed by atoms with Crippen LogP contribution in [0.4, 0.5) is 4.39 Å². The molecule has 0 bridgehead atoms. The summed E-state index contributed by atoms with van der Waals surface area (Å²) in [5.41, 5.74) is 7.18. The summed E-state index contributed by atoms with van der Waals surface area (Å²) >= 11 is 11.5. The van der Waals surface area contributed by atoms with Crippen molar-refractivity contribution in [1.82, 2.24) is 0 Å². The van der Waals surface area contributed by atoms with Crippen molar-refractivity contribution in [2.75, 3.05) is 0 Å². The minimum Gasteiger partial charge on any atom is -0.386 e. The highest BCUT2D eigenvalue weighted by atomic mass is 35.5. The largest absolute Gasteiger partial charge is 0.386 e. The third-order valence-corrected chi connectivity index (χ3v) is 3.42. The summed E-state index contributed by atoms with van der Waals surface area (Å²) in [7, 11) is 0. The summed E-state index contributed by atoms with van der Waals surface area (Å²) in [6.45, 7) is 4.00. The molecule has 0 saturated carbocycles. The van der Waals surface area contributed by atoms with E-state index in [1.165, 1.54) is 18.2 Å². The molecular weight excluding hydrogens is 312 g/mol. The maximum Gasteiger partial charge on any atom is 0.141 e. The highest BCUT2D eigenvalue weighted by Crippen LogP contribution is 2.29. The molecule has 0 amide bonds. The second kappa shape index (κ2) is 8.35. The minimum atomic E-state index is -0.973. The summed E-state index contributed by atoms with van der Waals surface area (Å²) in [6, 6.07) is 10.3. The number of hydrogen-bond donors (Lipinski definition) is 2. The van der Waals surface area contributed by atoms with E-state index < -0.39 is 18.0 Å². The number of rotatable bonds is 3. The van der Waals surface area contributed by atoms with Crippen LogP contribution in [0.1, 0.15) is 37.1 Å². The van der Waals surface area contributed by atoms with Gasteiger partial charge in [0.05, 0.1) is 17.2 Å². The molecule has 0 aliphatic carbocycles. The van der Waals surface area contributed by atoms with Crippen molar-refractivity contribution < 1.29 is 9.50 Å². The molecule has 2 aromatic carbocycles. The van der Waals surface area contributed by atoms with Crippen LogP contribution < -0.4 is 5.73 Å². The lowest BCUT2D eigenvalue weighted by molar-refractivity contribution is 0.147. The molecule has 0 heterocycles. The first-order valence-electron chi connectivity index (χ1n) is 6.63. The molecule has 0 aromatic heterocycles. The third-order valence-electron chi connectivity index (χ3n) is 2.88. The molecule has 21 heavy (non-hydrogen) atoms. The summed E-state index contributed by atoms with van der Waals surface area (Å²) < 4.78 is 13.1. The van der Waals surface area contributed by atoms with Crippen molar-refractivity contribution >= 4 is 23.2 Å². The molecule has 0 aliphatic heterocycles. The predicted octanol–water partition coefficient (Wildman–Crippen LogP) is 4.89. The fourth-order valence-electron chi connectivity index (χ4n) is 1.77. The zero-order valence-electron chi connectivity index (χ0n) is 11.9. The minimum absolute atomic E-state index is 0.0418. The van der Waals surface area contributed by atoms with Gasteiger partial charge in [0.15, 0.2) is 0 Å². The molecule has 2 atom stereocenters. The normalized spacial score (nSPS) is 13.1. The fraction of sp³-hybridized carbons (Fsp3) is 0.250. The zero-order chi connectivity index (χ0) is 16.0.